The number of nitrogens with one attached hydrogen (secondary N) is 1. The lowest BCUT2D eigenvalue weighted by Crippen LogP contribution is -2.19. The van der Waals surface area contributed by atoms with E-state index in [4.69, 9.17) is 4.74 Å². The van der Waals surface area contributed by atoms with Crippen molar-refractivity contribution < 1.29 is 4.74 Å². The van der Waals surface area contributed by atoms with E-state index >= 15 is 0 Å². The predicted octanol–water partition coefficient (Wildman–Crippen LogP) is 2.27. The zero-order chi connectivity index (χ0) is 9.84. The van der Waals surface area contributed by atoms with E-state index in [0.29, 0.717) is 6.04 Å². The summed E-state index contributed by atoms with van der Waals surface area (Å²) in [4.78, 5) is 2.76. The summed E-state index contributed by atoms with van der Waals surface area (Å²) in [5.41, 5.74) is 1.37. The Hall–Kier alpha value is -0.380. The standard InChI is InChI=1S/C10H17NOS/c1-7-5-10(13-8(7)2)9(11-3)6-12-4/h5,9,11H,6H2,1-4H3. The van der Waals surface area contributed by atoms with E-state index in [2.05, 4.69) is 25.2 Å². The summed E-state index contributed by atoms with van der Waals surface area (Å²) < 4.78 is 5.14. The van der Waals surface area contributed by atoms with Crippen LogP contribution in [0.4, 0.5) is 0 Å². The first-order chi connectivity index (χ1) is 6.19. The molecule has 0 aromatic carbocycles. The van der Waals surface area contributed by atoms with E-state index in [1.807, 2.05) is 18.4 Å². The van der Waals surface area contributed by atoms with Crippen LogP contribution in [-0.4, -0.2) is 20.8 Å². The maximum Gasteiger partial charge on any atom is 0.0665 e. The van der Waals surface area contributed by atoms with Gasteiger partial charge in [-0.25, -0.2) is 0 Å². The number of hydrogen-bond acceptors (Lipinski definition) is 3. The summed E-state index contributed by atoms with van der Waals surface area (Å²) >= 11 is 1.84. The number of rotatable bonds is 4. The largest absolute Gasteiger partial charge is 0.383 e. The van der Waals surface area contributed by atoms with E-state index < -0.39 is 0 Å². The van der Waals surface area contributed by atoms with Crippen molar-refractivity contribution in [3.8, 4) is 0 Å². The van der Waals surface area contributed by atoms with Gasteiger partial charge < -0.3 is 10.1 Å². The number of ether oxygens (including phenoxy) is 1. The number of hydrogen-bond donors (Lipinski definition) is 1. The molecule has 1 unspecified atom stereocenters. The van der Waals surface area contributed by atoms with Crippen LogP contribution < -0.4 is 5.32 Å². The first kappa shape index (κ1) is 10.7. The first-order valence-electron chi connectivity index (χ1n) is 4.42. The highest BCUT2D eigenvalue weighted by Gasteiger charge is 2.11. The van der Waals surface area contributed by atoms with Crippen LogP contribution in [0.15, 0.2) is 6.07 Å². The second kappa shape index (κ2) is 4.74. The highest BCUT2D eigenvalue weighted by Crippen LogP contribution is 2.26. The molecule has 0 radical (unpaired) electrons. The average Bonchev–Trinajstić information content (AvgIpc) is 2.43. The molecule has 0 aliphatic carbocycles. The molecule has 1 aromatic rings. The maximum absolute atomic E-state index is 5.14. The molecule has 1 atom stereocenters. The van der Waals surface area contributed by atoms with Crippen molar-refractivity contribution in [3.05, 3.63) is 21.4 Å². The minimum absolute atomic E-state index is 0.336. The van der Waals surface area contributed by atoms with Crippen molar-refractivity contribution in [2.45, 2.75) is 19.9 Å². The van der Waals surface area contributed by atoms with Crippen molar-refractivity contribution in [1.29, 1.82) is 0 Å². The molecule has 2 nitrogen and oxygen atoms in total. The number of thiophene rings is 1. The molecule has 1 N–H and O–H groups in total. The Morgan fingerprint density at radius 2 is 2.23 bits per heavy atom. The Labute approximate surface area is 83.9 Å². The maximum atomic E-state index is 5.14. The first-order valence-corrected chi connectivity index (χ1v) is 5.23. The Morgan fingerprint density at radius 1 is 1.54 bits per heavy atom. The van der Waals surface area contributed by atoms with E-state index in [-0.39, 0.29) is 0 Å². The van der Waals surface area contributed by atoms with Gasteiger partial charge in [-0.15, -0.1) is 11.3 Å². The molecule has 0 amide bonds. The van der Waals surface area contributed by atoms with Crippen LogP contribution in [-0.2, 0) is 4.74 Å². The lowest BCUT2D eigenvalue weighted by molar-refractivity contribution is 0.171. The van der Waals surface area contributed by atoms with Gasteiger partial charge in [-0.2, -0.15) is 0 Å². The molecule has 1 rings (SSSR count). The fraction of sp³-hybridized carbons (Fsp3) is 0.600. The Kier molecular flexibility index (Phi) is 3.90. The molecule has 0 saturated heterocycles. The minimum Gasteiger partial charge on any atom is -0.383 e. The molecule has 0 spiro atoms. The molecule has 74 valence electrons. The van der Waals surface area contributed by atoms with E-state index in [9.17, 15) is 0 Å². The monoisotopic (exact) mass is 199 g/mol. The SMILES string of the molecule is CNC(COC)c1cc(C)c(C)s1. The molecular formula is C10H17NOS. The van der Waals surface area contributed by atoms with Crippen LogP contribution in [0.25, 0.3) is 0 Å². The van der Waals surface area contributed by atoms with Gasteiger partial charge in [0.2, 0.25) is 0 Å². The van der Waals surface area contributed by atoms with Crippen molar-refractivity contribution in [2.75, 3.05) is 20.8 Å². The van der Waals surface area contributed by atoms with Crippen LogP contribution in [0.1, 0.15) is 21.4 Å². The van der Waals surface area contributed by atoms with E-state index in [1.54, 1.807) is 7.11 Å². The molecule has 3 heteroatoms. The van der Waals surface area contributed by atoms with Crippen LogP contribution >= 0.6 is 11.3 Å². The van der Waals surface area contributed by atoms with Crippen LogP contribution in [0, 0.1) is 13.8 Å². The molecule has 1 aromatic heterocycles. The normalized spacial score (nSPS) is 13.2. The smallest absolute Gasteiger partial charge is 0.0665 e. The van der Waals surface area contributed by atoms with Gasteiger partial charge in [-0.05, 0) is 32.5 Å². The second-order valence-corrected chi connectivity index (χ2v) is 4.47. The van der Waals surface area contributed by atoms with Gasteiger partial charge in [0, 0.05) is 16.9 Å². The molecular weight excluding hydrogens is 182 g/mol. The van der Waals surface area contributed by atoms with E-state index in [1.165, 1.54) is 15.3 Å². The third-order valence-corrected chi connectivity index (χ3v) is 3.48. The highest BCUT2D eigenvalue weighted by atomic mass is 32.1. The minimum atomic E-state index is 0.336. The van der Waals surface area contributed by atoms with Crippen LogP contribution in [0.3, 0.4) is 0 Å². The summed E-state index contributed by atoms with van der Waals surface area (Å²) in [6, 6.07) is 2.57. The van der Waals surface area contributed by atoms with Crippen molar-refractivity contribution in [1.82, 2.24) is 5.32 Å². The summed E-state index contributed by atoms with van der Waals surface area (Å²) in [6.07, 6.45) is 0. The molecule has 0 fully saturated rings. The number of methoxy groups -OCH3 is 1. The summed E-state index contributed by atoms with van der Waals surface area (Å²) in [7, 11) is 3.70. The zero-order valence-corrected chi connectivity index (χ0v) is 9.49. The average molecular weight is 199 g/mol. The fourth-order valence-corrected chi connectivity index (χ4v) is 2.39. The molecule has 13 heavy (non-hydrogen) atoms. The van der Waals surface area contributed by atoms with Gasteiger partial charge in [0.05, 0.1) is 12.6 Å². The fourth-order valence-electron chi connectivity index (χ4n) is 1.25. The van der Waals surface area contributed by atoms with Gasteiger partial charge in [0.25, 0.3) is 0 Å². The second-order valence-electron chi connectivity index (χ2n) is 3.18. The van der Waals surface area contributed by atoms with Crippen molar-refractivity contribution in [2.24, 2.45) is 0 Å². The summed E-state index contributed by atoms with van der Waals surface area (Å²) in [5, 5.41) is 3.25. The zero-order valence-electron chi connectivity index (χ0n) is 8.68. The molecule has 0 bridgehead atoms. The Bertz CT molecular complexity index is 250. The van der Waals surface area contributed by atoms with E-state index in [0.717, 1.165) is 6.61 Å². The van der Waals surface area contributed by atoms with Crippen molar-refractivity contribution in [3.63, 3.8) is 0 Å². The molecule has 0 saturated carbocycles. The summed E-state index contributed by atoms with van der Waals surface area (Å²) in [5.74, 6) is 0. The Morgan fingerprint density at radius 3 is 2.62 bits per heavy atom. The van der Waals surface area contributed by atoms with Gasteiger partial charge in [-0.1, -0.05) is 0 Å². The predicted molar refractivity (Wildman–Crippen MR) is 57.5 cm³/mol. The van der Waals surface area contributed by atoms with Crippen LogP contribution in [0.5, 0.6) is 0 Å². The van der Waals surface area contributed by atoms with Gasteiger partial charge in [0.1, 0.15) is 0 Å². The summed E-state index contributed by atoms with van der Waals surface area (Å²) in [6.45, 7) is 5.04. The molecule has 1 heterocycles. The van der Waals surface area contributed by atoms with Crippen molar-refractivity contribution >= 4 is 11.3 Å². The number of likely N-dealkylation sites (N-methyl/N-ethyl adjacent to an activating group) is 1. The molecule has 0 aliphatic rings. The lowest BCUT2D eigenvalue weighted by atomic mass is 10.2. The van der Waals surface area contributed by atoms with Gasteiger partial charge >= 0.3 is 0 Å². The third kappa shape index (κ3) is 2.53. The highest BCUT2D eigenvalue weighted by molar-refractivity contribution is 7.12. The van der Waals surface area contributed by atoms with Crippen LogP contribution in [0.2, 0.25) is 0 Å². The Balaban J connectivity index is 2.78. The number of aryl methyl sites for hydroxylation is 2. The van der Waals surface area contributed by atoms with Gasteiger partial charge in [-0.3, -0.25) is 0 Å². The lowest BCUT2D eigenvalue weighted by Gasteiger charge is -2.12. The molecule has 0 aliphatic heterocycles. The third-order valence-electron chi connectivity index (χ3n) is 2.21. The van der Waals surface area contributed by atoms with Gasteiger partial charge in [0.15, 0.2) is 0 Å². The topological polar surface area (TPSA) is 21.3 Å². The quantitative estimate of drug-likeness (QED) is 0.803.